The van der Waals surface area contributed by atoms with Crippen LogP contribution in [0.2, 0.25) is 5.02 Å². The van der Waals surface area contributed by atoms with E-state index >= 15 is 0 Å². The maximum absolute atomic E-state index is 12.2. The van der Waals surface area contributed by atoms with Gasteiger partial charge in [-0.05, 0) is 74.7 Å². The highest BCUT2D eigenvalue weighted by molar-refractivity contribution is 6.31. The number of carbonyl (C=O) groups excluding carboxylic acids is 1. The highest BCUT2D eigenvalue weighted by atomic mass is 35.5. The summed E-state index contributed by atoms with van der Waals surface area (Å²) in [5.41, 5.74) is 4.02. The van der Waals surface area contributed by atoms with Crippen LogP contribution in [0.3, 0.4) is 0 Å². The minimum Gasteiger partial charge on any atom is -0.481 e. The summed E-state index contributed by atoms with van der Waals surface area (Å²) in [6.07, 6.45) is -0.595. The molecule has 116 valence electrons. The Morgan fingerprint density at radius 3 is 2.41 bits per heavy atom. The van der Waals surface area contributed by atoms with Crippen LogP contribution in [-0.4, -0.2) is 12.0 Å². The average Bonchev–Trinajstić information content (AvgIpc) is 2.46. The number of anilines is 1. The second-order valence-electron chi connectivity index (χ2n) is 5.46. The van der Waals surface area contributed by atoms with E-state index in [4.69, 9.17) is 16.3 Å². The number of halogens is 1. The third-order valence-electron chi connectivity index (χ3n) is 3.59. The molecule has 0 bridgehead atoms. The van der Waals surface area contributed by atoms with Gasteiger partial charge in [0.25, 0.3) is 5.91 Å². The molecular weight excluding hydrogens is 298 g/mol. The van der Waals surface area contributed by atoms with Gasteiger partial charge < -0.3 is 10.1 Å². The Labute approximate surface area is 136 Å². The first kappa shape index (κ1) is 16.4. The molecule has 0 aliphatic rings. The summed E-state index contributed by atoms with van der Waals surface area (Å²) < 4.78 is 5.67. The highest BCUT2D eigenvalue weighted by Gasteiger charge is 2.15. The number of nitrogens with one attached hydrogen (secondary N) is 1. The quantitative estimate of drug-likeness (QED) is 0.889. The molecule has 0 spiro atoms. The van der Waals surface area contributed by atoms with Gasteiger partial charge in [0.15, 0.2) is 6.10 Å². The molecule has 0 saturated heterocycles. The molecule has 1 atom stereocenters. The Balaban J connectivity index is 2.02. The normalized spacial score (nSPS) is 11.9. The number of benzene rings is 2. The van der Waals surface area contributed by atoms with E-state index in [1.54, 1.807) is 19.1 Å². The predicted octanol–water partition coefficient (Wildman–Crippen LogP) is 4.67. The summed E-state index contributed by atoms with van der Waals surface area (Å²) in [4.78, 5) is 12.2. The van der Waals surface area contributed by atoms with Gasteiger partial charge in [-0.15, -0.1) is 0 Å². The third kappa shape index (κ3) is 4.01. The molecule has 0 radical (unpaired) electrons. The largest absolute Gasteiger partial charge is 0.481 e. The summed E-state index contributed by atoms with van der Waals surface area (Å²) in [5.74, 6) is 0.445. The molecule has 1 N–H and O–H groups in total. The van der Waals surface area contributed by atoms with Crippen LogP contribution >= 0.6 is 11.6 Å². The molecule has 0 fully saturated rings. The first-order valence-corrected chi connectivity index (χ1v) is 7.55. The van der Waals surface area contributed by atoms with Crippen LogP contribution in [0.4, 0.5) is 5.69 Å². The van der Waals surface area contributed by atoms with Crippen molar-refractivity contribution in [3.63, 3.8) is 0 Å². The molecule has 0 aromatic heterocycles. The number of rotatable bonds is 4. The van der Waals surface area contributed by atoms with Crippen LogP contribution < -0.4 is 10.1 Å². The molecule has 1 amide bonds. The van der Waals surface area contributed by atoms with Gasteiger partial charge in [-0.3, -0.25) is 4.79 Å². The standard InChI is InChI=1S/C18H20ClNO2/c1-11-5-6-15(9-12(11)2)20-18(21)14(4)22-16-7-8-17(19)13(3)10-16/h5-10,14H,1-4H3,(H,20,21)/t14-/m1/s1. The van der Waals surface area contributed by atoms with Crippen molar-refractivity contribution in [2.45, 2.75) is 33.8 Å². The third-order valence-corrected chi connectivity index (χ3v) is 4.01. The topological polar surface area (TPSA) is 38.3 Å². The number of hydrogen-bond donors (Lipinski definition) is 1. The number of carbonyl (C=O) groups is 1. The highest BCUT2D eigenvalue weighted by Crippen LogP contribution is 2.22. The van der Waals surface area contributed by atoms with Crippen molar-refractivity contribution in [2.24, 2.45) is 0 Å². The fraction of sp³-hybridized carbons (Fsp3) is 0.278. The number of hydrogen-bond acceptors (Lipinski definition) is 2. The van der Waals surface area contributed by atoms with E-state index in [1.165, 1.54) is 5.56 Å². The maximum Gasteiger partial charge on any atom is 0.265 e. The van der Waals surface area contributed by atoms with E-state index in [0.29, 0.717) is 10.8 Å². The van der Waals surface area contributed by atoms with Crippen LogP contribution in [0.15, 0.2) is 36.4 Å². The second kappa shape index (κ2) is 6.84. The van der Waals surface area contributed by atoms with Crippen LogP contribution in [0.25, 0.3) is 0 Å². The van der Waals surface area contributed by atoms with E-state index in [9.17, 15) is 4.79 Å². The molecule has 2 rings (SSSR count). The molecule has 0 aliphatic heterocycles. The van der Waals surface area contributed by atoms with E-state index < -0.39 is 6.10 Å². The number of amides is 1. The van der Waals surface area contributed by atoms with E-state index in [2.05, 4.69) is 5.32 Å². The van der Waals surface area contributed by atoms with Crippen molar-refractivity contribution in [1.29, 1.82) is 0 Å². The Morgan fingerprint density at radius 2 is 1.77 bits per heavy atom. The van der Waals surface area contributed by atoms with Crippen molar-refractivity contribution >= 4 is 23.2 Å². The summed E-state index contributed by atoms with van der Waals surface area (Å²) in [6.45, 7) is 7.67. The molecular formula is C18H20ClNO2. The lowest BCUT2D eigenvalue weighted by atomic mass is 10.1. The van der Waals surface area contributed by atoms with Crippen LogP contribution in [0, 0.1) is 20.8 Å². The van der Waals surface area contributed by atoms with E-state index in [-0.39, 0.29) is 5.91 Å². The Kier molecular flexibility index (Phi) is 5.09. The van der Waals surface area contributed by atoms with Gasteiger partial charge in [0, 0.05) is 10.7 Å². The Morgan fingerprint density at radius 1 is 1.05 bits per heavy atom. The van der Waals surface area contributed by atoms with Crippen molar-refractivity contribution in [1.82, 2.24) is 0 Å². The zero-order valence-corrected chi connectivity index (χ0v) is 14.0. The Hall–Kier alpha value is -2.00. The van der Waals surface area contributed by atoms with E-state index in [1.807, 2.05) is 45.0 Å². The van der Waals surface area contributed by atoms with Crippen LogP contribution in [-0.2, 0) is 4.79 Å². The maximum atomic E-state index is 12.2. The minimum atomic E-state index is -0.595. The molecule has 22 heavy (non-hydrogen) atoms. The zero-order chi connectivity index (χ0) is 16.3. The lowest BCUT2D eigenvalue weighted by Gasteiger charge is -2.16. The minimum absolute atomic E-state index is 0.184. The lowest BCUT2D eigenvalue weighted by Crippen LogP contribution is -2.30. The summed E-state index contributed by atoms with van der Waals surface area (Å²) in [6, 6.07) is 11.2. The molecule has 3 nitrogen and oxygen atoms in total. The van der Waals surface area contributed by atoms with E-state index in [0.717, 1.165) is 16.8 Å². The monoisotopic (exact) mass is 317 g/mol. The summed E-state index contributed by atoms with van der Waals surface area (Å²) in [5, 5.41) is 3.55. The van der Waals surface area contributed by atoms with Crippen LogP contribution in [0.5, 0.6) is 5.75 Å². The van der Waals surface area contributed by atoms with Gasteiger partial charge in [0.05, 0.1) is 0 Å². The second-order valence-corrected chi connectivity index (χ2v) is 5.87. The lowest BCUT2D eigenvalue weighted by molar-refractivity contribution is -0.122. The summed E-state index contributed by atoms with van der Waals surface area (Å²) >= 11 is 5.98. The molecule has 0 unspecified atom stereocenters. The Bertz CT molecular complexity index is 697. The smallest absolute Gasteiger partial charge is 0.265 e. The van der Waals surface area contributed by atoms with Gasteiger partial charge in [0.1, 0.15) is 5.75 Å². The van der Waals surface area contributed by atoms with Gasteiger partial charge >= 0.3 is 0 Å². The zero-order valence-electron chi connectivity index (χ0n) is 13.2. The SMILES string of the molecule is Cc1ccc(NC(=O)[C@@H](C)Oc2ccc(Cl)c(C)c2)cc1C. The average molecular weight is 318 g/mol. The predicted molar refractivity (Wildman–Crippen MR) is 90.8 cm³/mol. The number of aryl methyl sites for hydroxylation is 3. The number of ether oxygens (including phenoxy) is 1. The molecule has 0 saturated carbocycles. The fourth-order valence-electron chi connectivity index (χ4n) is 2.01. The van der Waals surface area contributed by atoms with Crippen molar-refractivity contribution in [3.05, 3.63) is 58.1 Å². The van der Waals surface area contributed by atoms with Gasteiger partial charge in [-0.2, -0.15) is 0 Å². The molecule has 2 aromatic carbocycles. The molecule has 2 aromatic rings. The van der Waals surface area contributed by atoms with Gasteiger partial charge in [0.2, 0.25) is 0 Å². The van der Waals surface area contributed by atoms with Crippen molar-refractivity contribution in [2.75, 3.05) is 5.32 Å². The first-order chi connectivity index (χ1) is 10.4. The summed E-state index contributed by atoms with van der Waals surface area (Å²) in [7, 11) is 0. The van der Waals surface area contributed by atoms with Crippen molar-refractivity contribution < 1.29 is 9.53 Å². The van der Waals surface area contributed by atoms with Crippen molar-refractivity contribution in [3.8, 4) is 5.75 Å². The fourth-order valence-corrected chi connectivity index (χ4v) is 2.13. The van der Waals surface area contributed by atoms with Gasteiger partial charge in [-0.25, -0.2) is 0 Å². The molecule has 0 heterocycles. The van der Waals surface area contributed by atoms with Gasteiger partial charge in [-0.1, -0.05) is 17.7 Å². The first-order valence-electron chi connectivity index (χ1n) is 7.18. The van der Waals surface area contributed by atoms with Crippen LogP contribution in [0.1, 0.15) is 23.6 Å². The molecule has 4 heteroatoms. The molecule has 0 aliphatic carbocycles.